The van der Waals surface area contributed by atoms with Gasteiger partial charge in [-0.15, -0.1) is 0 Å². The Morgan fingerprint density at radius 2 is 1.78 bits per heavy atom. The van der Waals surface area contributed by atoms with E-state index in [2.05, 4.69) is 0 Å². The fourth-order valence-electron chi connectivity index (χ4n) is 2.30. The molecule has 0 saturated carbocycles. The first-order chi connectivity index (χ1) is 8.68. The van der Waals surface area contributed by atoms with Gasteiger partial charge in [-0.1, -0.05) is 30.3 Å². The summed E-state index contributed by atoms with van der Waals surface area (Å²) in [5, 5.41) is 9.25. The van der Waals surface area contributed by atoms with Gasteiger partial charge in [-0.05, 0) is 18.4 Å². The molecule has 18 heavy (non-hydrogen) atoms. The van der Waals surface area contributed by atoms with Crippen LogP contribution in [0.1, 0.15) is 30.7 Å². The predicted octanol–water partition coefficient (Wildman–Crippen LogP) is 1.87. The molecule has 0 aliphatic carbocycles. The van der Waals surface area contributed by atoms with Gasteiger partial charge in [0.2, 0.25) is 5.91 Å². The topological polar surface area (TPSA) is 57.6 Å². The van der Waals surface area contributed by atoms with E-state index in [-0.39, 0.29) is 12.3 Å². The van der Waals surface area contributed by atoms with E-state index in [0.717, 1.165) is 25.9 Å². The summed E-state index contributed by atoms with van der Waals surface area (Å²) < 4.78 is 0. The molecule has 1 unspecified atom stereocenters. The summed E-state index contributed by atoms with van der Waals surface area (Å²) in [6.45, 7) is 1.53. The van der Waals surface area contributed by atoms with Gasteiger partial charge in [0.1, 0.15) is 0 Å². The fraction of sp³-hybridized carbons (Fsp3) is 0.429. The van der Waals surface area contributed by atoms with Crippen LogP contribution < -0.4 is 0 Å². The van der Waals surface area contributed by atoms with Crippen molar-refractivity contribution in [3.05, 3.63) is 35.9 Å². The number of hydrogen-bond donors (Lipinski definition) is 1. The molecule has 1 amide bonds. The van der Waals surface area contributed by atoms with Crippen molar-refractivity contribution in [2.24, 2.45) is 0 Å². The highest BCUT2D eigenvalue weighted by Crippen LogP contribution is 2.22. The van der Waals surface area contributed by atoms with Gasteiger partial charge in [0.05, 0.1) is 5.92 Å². The van der Waals surface area contributed by atoms with Crippen molar-refractivity contribution in [1.29, 1.82) is 0 Å². The molecule has 1 aromatic rings. The standard InChI is InChI=1S/C14H17NO3/c16-13(15-8-4-5-9-15)10-12(14(17)18)11-6-2-1-3-7-11/h1-3,6-7,12H,4-5,8-10H2,(H,17,18). The Morgan fingerprint density at radius 3 is 2.33 bits per heavy atom. The van der Waals surface area contributed by atoms with Gasteiger partial charge >= 0.3 is 5.97 Å². The number of rotatable bonds is 4. The van der Waals surface area contributed by atoms with E-state index >= 15 is 0 Å². The highest BCUT2D eigenvalue weighted by Gasteiger charge is 2.26. The van der Waals surface area contributed by atoms with E-state index in [4.69, 9.17) is 0 Å². The van der Waals surface area contributed by atoms with Crippen LogP contribution in [-0.2, 0) is 9.59 Å². The van der Waals surface area contributed by atoms with Crippen LogP contribution in [0.2, 0.25) is 0 Å². The lowest BCUT2D eigenvalue weighted by Crippen LogP contribution is -2.30. The van der Waals surface area contributed by atoms with Gasteiger partial charge in [0.15, 0.2) is 0 Å². The van der Waals surface area contributed by atoms with E-state index in [1.165, 1.54) is 0 Å². The van der Waals surface area contributed by atoms with E-state index in [1.54, 1.807) is 29.2 Å². The molecule has 0 spiro atoms. The first-order valence-corrected chi connectivity index (χ1v) is 6.24. The average Bonchev–Trinajstić information content (AvgIpc) is 2.90. The lowest BCUT2D eigenvalue weighted by molar-refractivity contribution is -0.142. The summed E-state index contributed by atoms with van der Waals surface area (Å²) in [6.07, 6.45) is 2.10. The summed E-state index contributed by atoms with van der Waals surface area (Å²) in [7, 11) is 0. The number of nitrogens with zero attached hydrogens (tertiary/aromatic N) is 1. The van der Waals surface area contributed by atoms with Crippen LogP contribution in [0.5, 0.6) is 0 Å². The minimum absolute atomic E-state index is 0.0521. The Morgan fingerprint density at radius 1 is 1.17 bits per heavy atom. The molecule has 4 heteroatoms. The van der Waals surface area contributed by atoms with Crippen molar-refractivity contribution >= 4 is 11.9 Å². The summed E-state index contributed by atoms with van der Waals surface area (Å²) in [5.74, 6) is -1.73. The summed E-state index contributed by atoms with van der Waals surface area (Å²) in [6, 6.07) is 8.95. The van der Waals surface area contributed by atoms with Crippen molar-refractivity contribution in [2.75, 3.05) is 13.1 Å². The van der Waals surface area contributed by atoms with Crippen LogP contribution in [0.15, 0.2) is 30.3 Å². The number of carboxylic acid groups (broad SMARTS) is 1. The van der Waals surface area contributed by atoms with Crippen LogP contribution in [0.3, 0.4) is 0 Å². The molecule has 1 saturated heterocycles. The Kier molecular flexibility index (Phi) is 3.97. The number of carboxylic acids is 1. The quantitative estimate of drug-likeness (QED) is 0.883. The van der Waals surface area contributed by atoms with E-state index in [9.17, 15) is 14.7 Å². The maximum absolute atomic E-state index is 12.0. The Labute approximate surface area is 106 Å². The number of hydrogen-bond acceptors (Lipinski definition) is 2. The number of carbonyl (C=O) groups is 2. The Bertz CT molecular complexity index is 424. The first-order valence-electron chi connectivity index (χ1n) is 6.24. The molecule has 2 rings (SSSR count). The molecule has 0 radical (unpaired) electrons. The zero-order valence-electron chi connectivity index (χ0n) is 10.2. The normalized spacial score (nSPS) is 16.6. The molecular formula is C14H17NO3. The van der Waals surface area contributed by atoms with Gasteiger partial charge in [0.25, 0.3) is 0 Å². The van der Waals surface area contributed by atoms with Crippen LogP contribution >= 0.6 is 0 Å². The van der Waals surface area contributed by atoms with Gasteiger partial charge in [0, 0.05) is 19.5 Å². The number of amides is 1. The lowest BCUT2D eigenvalue weighted by Gasteiger charge is -2.18. The third-order valence-corrected chi connectivity index (χ3v) is 3.34. The van der Waals surface area contributed by atoms with Crippen molar-refractivity contribution in [1.82, 2.24) is 4.90 Å². The molecule has 96 valence electrons. The van der Waals surface area contributed by atoms with Crippen LogP contribution in [-0.4, -0.2) is 35.0 Å². The average molecular weight is 247 g/mol. The number of benzene rings is 1. The zero-order valence-corrected chi connectivity index (χ0v) is 10.2. The van der Waals surface area contributed by atoms with Gasteiger partial charge < -0.3 is 10.0 Å². The zero-order chi connectivity index (χ0) is 13.0. The maximum atomic E-state index is 12.0. The lowest BCUT2D eigenvalue weighted by atomic mass is 9.95. The fourth-order valence-corrected chi connectivity index (χ4v) is 2.30. The maximum Gasteiger partial charge on any atom is 0.311 e. The Hall–Kier alpha value is -1.84. The minimum atomic E-state index is -0.936. The summed E-state index contributed by atoms with van der Waals surface area (Å²) in [5.41, 5.74) is 0.692. The predicted molar refractivity (Wildman–Crippen MR) is 67.2 cm³/mol. The molecule has 0 bridgehead atoms. The van der Waals surface area contributed by atoms with Crippen molar-refractivity contribution in [2.45, 2.75) is 25.2 Å². The van der Waals surface area contributed by atoms with Crippen molar-refractivity contribution in [3.8, 4) is 0 Å². The number of aliphatic carboxylic acids is 1. The molecule has 1 aromatic carbocycles. The van der Waals surface area contributed by atoms with E-state index in [0.29, 0.717) is 5.56 Å². The van der Waals surface area contributed by atoms with E-state index < -0.39 is 11.9 Å². The second-order valence-electron chi connectivity index (χ2n) is 4.59. The molecule has 4 nitrogen and oxygen atoms in total. The van der Waals surface area contributed by atoms with Gasteiger partial charge in [-0.3, -0.25) is 9.59 Å². The van der Waals surface area contributed by atoms with Gasteiger partial charge in [-0.25, -0.2) is 0 Å². The molecule has 1 heterocycles. The highest BCUT2D eigenvalue weighted by molar-refractivity contribution is 5.85. The second-order valence-corrected chi connectivity index (χ2v) is 4.59. The van der Waals surface area contributed by atoms with Crippen LogP contribution in [0.4, 0.5) is 0 Å². The van der Waals surface area contributed by atoms with Gasteiger partial charge in [-0.2, -0.15) is 0 Å². The minimum Gasteiger partial charge on any atom is -0.481 e. The second kappa shape index (κ2) is 5.67. The largest absolute Gasteiger partial charge is 0.481 e. The molecule has 1 fully saturated rings. The number of carbonyl (C=O) groups excluding carboxylic acids is 1. The third-order valence-electron chi connectivity index (χ3n) is 3.34. The molecular weight excluding hydrogens is 230 g/mol. The molecule has 1 N–H and O–H groups in total. The van der Waals surface area contributed by atoms with E-state index in [1.807, 2.05) is 6.07 Å². The Balaban J connectivity index is 2.07. The monoisotopic (exact) mass is 247 g/mol. The SMILES string of the molecule is O=C(O)C(CC(=O)N1CCCC1)c1ccccc1. The summed E-state index contributed by atoms with van der Waals surface area (Å²) >= 11 is 0. The van der Waals surface area contributed by atoms with Crippen LogP contribution in [0.25, 0.3) is 0 Å². The van der Waals surface area contributed by atoms with Crippen molar-refractivity contribution in [3.63, 3.8) is 0 Å². The summed E-state index contributed by atoms with van der Waals surface area (Å²) in [4.78, 5) is 25.0. The van der Waals surface area contributed by atoms with Crippen LogP contribution in [0, 0.1) is 0 Å². The number of likely N-dealkylation sites (tertiary alicyclic amines) is 1. The smallest absolute Gasteiger partial charge is 0.311 e. The third kappa shape index (κ3) is 2.88. The van der Waals surface area contributed by atoms with Crippen molar-refractivity contribution < 1.29 is 14.7 Å². The molecule has 1 aliphatic rings. The highest BCUT2D eigenvalue weighted by atomic mass is 16.4. The first kappa shape index (κ1) is 12.6. The molecule has 0 aromatic heterocycles. The molecule has 1 aliphatic heterocycles. The molecule has 1 atom stereocenters.